The van der Waals surface area contributed by atoms with Gasteiger partial charge in [0.15, 0.2) is 17.1 Å². The van der Waals surface area contributed by atoms with Gasteiger partial charge >= 0.3 is 6.18 Å². The molecule has 33 heavy (non-hydrogen) atoms. The fourth-order valence-corrected chi connectivity index (χ4v) is 4.37. The van der Waals surface area contributed by atoms with Crippen LogP contribution in [0.3, 0.4) is 0 Å². The molecule has 2 aromatic heterocycles. The van der Waals surface area contributed by atoms with Gasteiger partial charge in [-0.05, 0) is 67.3 Å². The molecule has 5 rings (SSSR count). The molecule has 2 heterocycles. The van der Waals surface area contributed by atoms with Gasteiger partial charge in [-0.1, -0.05) is 29.8 Å². The minimum Gasteiger partial charge on any atom is -0.441 e. The monoisotopic (exact) mass is 450 g/mol. The summed E-state index contributed by atoms with van der Waals surface area (Å²) in [5.41, 5.74) is 5.04. The zero-order valence-electron chi connectivity index (χ0n) is 18.5. The van der Waals surface area contributed by atoms with Gasteiger partial charge in [0.25, 0.3) is 0 Å². The summed E-state index contributed by atoms with van der Waals surface area (Å²) >= 11 is 0. The van der Waals surface area contributed by atoms with Gasteiger partial charge < -0.3 is 8.83 Å². The molecule has 1 unspecified atom stereocenters. The Bertz CT molecular complexity index is 1510. The molecule has 5 aromatic rings. The molecule has 0 amide bonds. The number of nitrogens with zero attached hydrogens (tertiary/aromatic N) is 2. The van der Waals surface area contributed by atoms with Crippen LogP contribution in [0.2, 0.25) is 0 Å². The molecule has 1 atom stereocenters. The highest BCUT2D eigenvalue weighted by Crippen LogP contribution is 2.43. The van der Waals surface area contributed by atoms with Crippen molar-refractivity contribution in [2.24, 2.45) is 0 Å². The second-order valence-corrected chi connectivity index (χ2v) is 8.47. The van der Waals surface area contributed by atoms with Gasteiger partial charge in [-0.3, -0.25) is 0 Å². The molecule has 0 aliphatic heterocycles. The molecular formula is C26H21F3N2O2. The van der Waals surface area contributed by atoms with E-state index in [9.17, 15) is 13.2 Å². The average Bonchev–Trinajstić information content (AvgIpc) is 3.31. The maximum absolute atomic E-state index is 14.4. The van der Waals surface area contributed by atoms with Crippen LogP contribution in [0.5, 0.6) is 0 Å². The van der Waals surface area contributed by atoms with Crippen LogP contribution in [0.25, 0.3) is 33.7 Å². The van der Waals surface area contributed by atoms with Gasteiger partial charge in [0, 0.05) is 12.5 Å². The number of hydrogen-bond donors (Lipinski definition) is 0. The highest BCUT2D eigenvalue weighted by molar-refractivity contribution is 5.81. The van der Waals surface area contributed by atoms with E-state index < -0.39 is 12.1 Å². The second-order valence-electron chi connectivity index (χ2n) is 8.47. The average molecular weight is 450 g/mol. The lowest BCUT2D eigenvalue weighted by Crippen LogP contribution is -2.22. The van der Waals surface area contributed by atoms with Gasteiger partial charge in [0.1, 0.15) is 17.0 Å². The fraction of sp³-hybridized carbons (Fsp3) is 0.231. The van der Waals surface area contributed by atoms with Gasteiger partial charge in [-0.25, -0.2) is 9.97 Å². The Labute approximate surface area is 188 Å². The molecule has 7 heteroatoms. The molecule has 0 spiro atoms. The number of halogens is 3. The van der Waals surface area contributed by atoms with Crippen molar-refractivity contribution in [2.45, 2.75) is 39.8 Å². The van der Waals surface area contributed by atoms with Crippen molar-refractivity contribution in [1.82, 2.24) is 9.97 Å². The lowest BCUT2D eigenvalue weighted by Gasteiger charge is -2.22. The molecule has 4 nitrogen and oxygen atoms in total. The fourth-order valence-electron chi connectivity index (χ4n) is 4.37. The summed E-state index contributed by atoms with van der Waals surface area (Å²) in [5, 5.41) is 0. The second kappa shape index (κ2) is 7.47. The third kappa shape index (κ3) is 3.77. The molecule has 0 saturated heterocycles. The summed E-state index contributed by atoms with van der Waals surface area (Å²) in [6.07, 6.45) is -4.51. The smallest absolute Gasteiger partial charge is 0.399 e. The van der Waals surface area contributed by atoms with Crippen molar-refractivity contribution in [3.8, 4) is 11.5 Å². The first-order chi connectivity index (χ1) is 15.6. The van der Waals surface area contributed by atoms with Crippen LogP contribution < -0.4 is 0 Å². The Morgan fingerprint density at radius 2 is 1.36 bits per heavy atom. The summed E-state index contributed by atoms with van der Waals surface area (Å²) in [6.45, 7) is 7.09. The Hall–Kier alpha value is -3.61. The summed E-state index contributed by atoms with van der Waals surface area (Å²) in [7, 11) is 0. The van der Waals surface area contributed by atoms with Crippen molar-refractivity contribution in [2.75, 3.05) is 0 Å². The third-order valence-electron chi connectivity index (χ3n) is 5.76. The standard InChI is InChI=1S/C26H21F3N2O2/c1-13-6-5-7-17(8-13)25-31-21-12-19(10-15(3)24(21)33-25)22(26(27,28)29)18-9-14(2)23-20(11-18)30-16(4)32-23/h5-12,22H,1-4H3. The molecule has 0 fully saturated rings. The number of hydrogen-bond acceptors (Lipinski definition) is 4. The lowest BCUT2D eigenvalue weighted by atomic mass is 9.88. The van der Waals surface area contributed by atoms with Crippen LogP contribution in [0.15, 0.2) is 57.4 Å². The Morgan fingerprint density at radius 3 is 1.97 bits per heavy atom. The number of aromatic nitrogens is 2. The van der Waals surface area contributed by atoms with Crippen molar-refractivity contribution in [3.63, 3.8) is 0 Å². The van der Waals surface area contributed by atoms with Gasteiger partial charge in [-0.15, -0.1) is 0 Å². The van der Waals surface area contributed by atoms with E-state index in [2.05, 4.69) is 9.97 Å². The van der Waals surface area contributed by atoms with Gasteiger partial charge in [0.2, 0.25) is 5.89 Å². The lowest BCUT2D eigenvalue weighted by molar-refractivity contribution is -0.141. The number of aryl methyl sites for hydroxylation is 4. The zero-order valence-corrected chi connectivity index (χ0v) is 18.5. The maximum atomic E-state index is 14.4. The van der Waals surface area contributed by atoms with E-state index in [4.69, 9.17) is 8.83 Å². The van der Waals surface area contributed by atoms with Crippen LogP contribution in [-0.2, 0) is 0 Å². The zero-order chi connectivity index (χ0) is 23.5. The maximum Gasteiger partial charge on any atom is 0.399 e. The molecule has 3 aromatic carbocycles. The molecule has 0 saturated carbocycles. The van der Waals surface area contributed by atoms with Crippen LogP contribution in [0.4, 0.5) is 13.2 Å². The SMILES string of the molecule is Cc1cccc(-c2nc3cc(C(c4cc(C)c5oc(C)nc5c4)C(F)(F)F)cc(C)c3o2)c1. The predicted octanol–water partition coefficient (Wildman–Crippen LogP) is 7.56. The molecular weight excluding hydrogens is 429 g/mol. The number of alkyl halides is 3. The molecule has 0 aliphatic carbocycles. The van der Waals surface area contributed by atoms with E-state index in [0.29, 0.717) is 45.1 Å². The highest BCUT2D eigenvalue weighted by Gasteiger charge is 2.42. The van der Waals surface area contributed by atoms with Crippen molar-refractivity contribution in [1.29, 1.82) is 0 Å². The number of rotatable bonds is 3. The van der Waals surface area contributed by atoms with E-state index in [0.717, 1.165) is 11.1 Å². The van der Waals surface area contributed by atoms with Crippen LogP contribution >= 0.6 is 0 Å². The van der Waals surface area contributed by atoms with E-state index in [1.807, 2.05) is 31.2 Å². The number of fused-ring (bicyclic) bond motifs is 2. The minimum atomic E-state index is -4.51. The first-order valence-corrected chi connectivity index (χ1v) is 10.5. The van der Waals surface area contributed by atoms with E-state index >= 15 is 0 Å². The van der Waals surface area contributed by atoms with Crippen LogP contribution in [-0.4, -0.2) is 16.1 Å². The third-order valence-corrected chi connectivity index (χ3v) is 5.76. The first-order valence-electron chi connectivity index (χ1n) is 10.5. The summed E-state index contributed by atoms with van der Waals surface area (Å²) < 4.78 is 54.6. The van der Waals surface area contributed by atoms with Crippen LogP contribution in [0.1, 0.15) is 39.6 Å². The van der Waals surface area contributed by atoms with Gasteiger partial charge in [0.05, 0.1) is 0 Å². The predicted molar refractivity (Wildman–Crippen MR) is 120 cm³/mol. The van der Waals surface area contributed by atoms with Gasteiger partial charge in [-0.2, -0.15) is 13.2 Å². The first kappa shape index (κ1) is 21.2. The number of benzene rings is 3. The summed E-state index contributed by atoms with van der Waals surface area (Å²) in [4.78, 5) is 8.76. The largest absolute Gasteiger partial charge is 0.441 e. The topological polar surface area (TPSA) is 52.1 Å². The Morgan fingerprint density at radius 1 is 0.758 bits per heavy atom. The quantitative estimate of drug-likeness (QED) is 0.285. The molecule has 0 bridgehead atoms. The van der Waals surface area contributed by atoms with E-state index in [-0.39, 0.29) is 11.1 Å². The van der Waals surface area contributed by atoms with Crippen LogP contribution in [0, 0.1) is 27.7 Å². The molecule has 0 N–H and O–H groups in total. The normalized spacial score (nSPS) is 13.2. The summed E-state index contributed by atoms with van der Waals surface area (Å²) in [6, 6.07) is 13.6. The van der Waals surface area contributed by atoms with E-state index in [1.54, 1.807) is 20.8 Å². The Kier molecular flexibility index (Phi) is 4.81. The molecule has 168 valence electrons. The number of oxazole rings is 2. The van der Waals surface area contributed by atoms with Crippen molar-refractivity contribution >= 4 is 22.2 Å². The minimum absolute atomic E-state index is 0.107. The van der Waals surface area contributed by atoms with Crippen molar-refractivity contribution < 1.29 is 22.0 Å². The Balaban J connectivity index is 1.67. The molecule has 0 radical (unpaired) electrons. The molecule has 0 aliphatic rings. The summed E-state index contributed by atoms with van der Waals surface area (Å²) in [5.74, 6) is -1.04. The van der Waals surface area contributed by atoms with E-state index in [1.165, 1.54) is 24.3 Å². The van der Waals surface area contributed by atoms with Crippen molar-refractivity contribution in [3.05, 3.63) is 82.2 Å². The highest BCUT2D eigenvalue weighted by atomic mass is 19.4.